The molecule has 1 amide bonds. The van der Waals surface area contributed by atoms with Crippen LogP contribution >= 0.6 is 11.3 Å². The van der Waals surface area contributed by atoms with Gasteiger partial charge < -0.3 is 9.64 Å². The lowest BCUT2D eigenvalue weighted by atomic mass is 10.2. The van der Waals surface area contributed by atoms with Crippen LogP contribution in [-0.4, -0.2) is 66.1 Å². The van der Waals surface area contributed by atoms with E-state index in [1.54, 1.807) is 0 Å². The number of piperazine rings is 1. The number of amides is 1. The van der Waals surface area contributed by atoms with Crippen LogP contribution in [0.15, 0.2) is 30.3 Å². The number of aromatic nitrogens is 1. The highest BCUT2D eigenvalue weighted by Crippen LogP contribution is 2.29. The van der Waals surface area contributed by atoms with Gasteiger partial charge >= 0.3 is 0 Å². The van der Waals surface area contributed by atoms with E-state index < -0.39 is 0 Å². The molecule has 5 nitrogen and oxygen atoms in total. The molecule has 1 unspecified atom stereocenters. The second-order valence-corrected chi connectivity index (χ2v) is 8.03. The van der Waals surface area contributed by atoms with Gasteiger partial charge in [-0.3, -0.25) is 9.69 Å². The molecular weight excluding hydrogens is 346 g/mol. The first kappa shape index (κ1) is 17.6. The molecule has 4 rings (SSSR count). The first-order chi connectivity index (χ1) is 12.7. The summed E-state index contributed by atoms with van der Waals surface area (Å²) in [6.45, 7) is 7.25. The Balaban J connectivity index is 1.38. The Morgan fingerprint density at radius 2 is 2.00 bits per heavy atom. The molecule has 0 bridgehead atoms. The molecule has 2 aromatic rings. The van der Waals surface area contributed by atoms with Gasteiger partial charge in [0, 0.05) is 44.9 Å². The van der Waals surface area contributed by atoms with Crippen molar-refractivity contribution in [1.29, 1.82) is 0 Å². The van der Waals surface area contributed by atoms with E-state index in [1.807, 2.05) is 42.2 Å². The van der Waals surface area contributed by atoms with Gasteiger partial charge in [-0.2, -0.15) is 0 Å². The molecule has 3 heterocycles. The number of carbonyl (C=O) groups excluding carboxylic acids is 1. The maximum absolute atomic E-state index is 13.0. The minimum Gasteiger partial charge on any atom is -0.377 e. The van der Waals surface area contributed by atoms with Crippen molar-refractivity contribution in [1.82, 2.24) is 14.8 Å². The van der Waals surface area contributed by atoms with Crippen LogP contribution in [0.5, 0.6) is 0 Å². The Labute approximate surface area is 158 Å². The molecule has 2 fully saturated rings. The Hall–Kier alpha value is -1.76. The molecule has 2 saturated heterocycles. The predicted octanol–water partition coefficient (Wildman–Crippen LogP) is 3.06. The highest BCUT2D eigenvalue weighted by atomic mass is 32.1. The Bertz CT molecular complexity index is 748. The van der Waals surface area contributed by atoms with Gasteiger partial charge in [-0.1, -0.05) is 30.3 Å². The minimum atomic E-state index is 0.124. The molecule has 138 valence electrons. The normalized spacial score (nSPS) is 21.3. The van der Waals surface area contributed by atoms with Crippen molar-refractivity contribution in [2.45, 2.75) is 25.9 Å². The predicted molar refractivity (Wildman–Crippen MR) is 104 cm³/mol. The van der Waals surface area contributed by atoms with E-state index in [0.29, 0.717) is 6.10 Å². The summed E-state index contributed by atoms with van der Waals surface area (Å²) in [5, 5.41) is 0.920. The van der Waals surface area contributed by atoms with Gasteiger partial charge in [0.1, 0.15) is 9.88 Å². The molecule has 1 atom stereocenters. The van der Waals surface area contributed by atoms with E-state index in [9.17, 15) is 4.79 Å². The number of hydrogen-bond donors (Lipinski definition) is 0. The Kier molecular flexibility index (Phi) is 5.33. The topological polar surface area (TPSA) is 45.7 Å². The molecule has 0 spiro atoms. The van der Waals surface area contributed by atoms with Crippen molar-refractivity contribution in [3.05, 3.63) is 40.9 Å². The number of ether oxygens (including phenoxy) is 1. The van der Waals surface area contributed by atoms with Crippen molar-refractivity contribution in [3.63, 3.8) is 0 Å². The van der Waals surface area contributed by atoms with Crippen molar-refractivity contribution in [2.24, 2.45) is 0 Å². The van der Waals surface area contributed by atoms with Gasteiger partial charge in [-0.05, 0) is 19.8 Å². The molecular formula is C20H25N3O2S. The van der Waals surface area contributed by atoms with E-state index in [-0.39, 0.29) is 5.91 Å². The average Bonchev–Trinajstić information content (AvgIpc) is 3.32. The van der Waals surface area contributed by atoms with Crippen LogP contribution in [-0.2, 0) is 4.74 Å². The molecule has 0 N–H and O–H groups in total. The van der Waals surface area contributed by atoms with Crippen LogP contribution in [0.2, 0.25) is 0 Å². The molecule has 0 saturated carbocycles. The van der Waals surface area contributed by atoms with Gasteiger partial charge in [0.25, 0.3) is 5.91 Å². The zero-order valence-electron chi connectivity index (χ0n) is 15.2. The van der Waals surface area contributed by atoms with Crippen LogP contribution in [0.1, 0.15) is 28.2 Å². The van der Waals surface area contributed by atoms with Crippen LogP contribution in [0.4, 0.5) is 0 Å². The summed E-state index contributed by atoms with van der Waals surface area (Å²) in [7, 11) is 0. The van der Waals surface area contributed by atoms with E-state index in [0.717, 1.165) is 60.5 Å². The number of thiazole rings is 1. The summed E-state index contributed by atoms with van der Waals surface area (Å²) in [5.41, 5.74) is 1.90. The lowest BCUT2D eigenvalue weighted by Crippen LogP contribution is -2.50. The van der Waals surface area contributed by atoms with E-state index >= 15 is 0 Å². The standard InChI is InChI=1S/C20H25N3O2S/c1-15-18(26-19(21-15)16-6-3-2-4-7-16)20(24)23-11-9-22(10-12-23)14-17-8-5-13-25-17/h2-4,6-7,17H,5,8-14H2,1H3. The third kappa shape index (κ3) is 3.82. The third-order valence-corrected chi connectivity index (χ3v) is 6.35. The van der Waals surface area contributed by atoms with Gasteiger partial charge in [0.15, 0.2) is 0 Å². The van der Waals surface area contributed by atoms with Crippen LogP contribution in [0, 0.1) is 6.92 Å². The van der Waals surface area contributed by atoms with Crippen LogP contribution in [0.3, 0.4) is 0 Å². The van der Waals surface area contributed by atoms with Crippen molar-refractivity contribution in [3.8, 4) is 10.6 Å². The van der Waals surface area contributed by atoms with E-state index in [4.69, 9.17) is 4.74 Å². The van der Waals surface area contributed by atoms with Crippen LogP contribution < -0.4 is 0 Å². The number of hydrogen-bond acceptors (Lipinski definition) is 5. The fourth-order valence-corrected chi connectivity index (χ4v) is 4.69. The molecule has 1 aromatic heterocycles. The number of nitrogens with zero attached hydrogens (tertiary/aromatic N) is 3. The molecule has 6 heteroatoms. The van der Waals surface area contributed by atoms with E-state index in [1.165, 1.54) is 24.2 Å². The number of benzene rings is 1. The summed E-state index contributed by atoms with van der Waals surface area (Å²) in [6, 6.07) is 10.1. The monoisotopic (exact) mass is 371 g/mol. The molecule has 2 aliphatic heterocycles. The lowest BCUT2D eigenvalue weighted by Gasteiger charge is -2.35. The fourth-order valence-electron chi connectivity index (χ4n) is 3.65. The van der Waals surface area contributed by atoms with Gasteiger partial charge in [0.2, 0.25) is 0 Å². The van der Waals surface area contributed by atoms with Gasteiger partial charge in [-0.25, -0.2) is 4.98 Å². The quantitative estimate of drug-likeness (QED) is 0.829. The molecule has 1 aromatic carbocycles. The smallest absolute Gasteiger partial charge is 0.265 e. The highest BCUT2D eigenvalue weighted by Gasteiger charge is 2.27. The van der Waals surface area contributed by atoms with Gasteiger partial charge in [-0.15, -0.1) is 11.3 Å². The second-order valence-electron chi connectivity index (χ2n) is 7.03. The Morgan fingerprint density at radius 3 is 2.69 bits per heavy atom. The number of carbonyl (C=O) groups is 1. The third-order valence-electron chi connectivity index (χ3n) is 5.16. The summed E-state index contributed by atoms with van der Waals surface area (Å²) in [6.07, 6.45) is 2.73. The van der Waals surface area contributed by atoms with E-state index in [2.05, 4.69) is 9.88 Å². The first-order valence-corrected chi connectivity index (χ1v) is 10.2. The largest absolute Gasteiger partial charge is 0.377 e. The molecule has 26 heavy (non-hydrogen) atoms. The average molecular weight is 372 g/mol. The summed E-state index contributed by atoms with van der Waals surface area (Å²) < 4.78 is 5.73. The zero-order valence-corrected chi connectivity index (χ0v) is 16.0. The zero-order chi connectivity index (χ0) is 17.9. The summed E-state index contributed by atoms with van der Waals surface area (Å²) >= 11 is 1.51. The lowest BCUT2D eigenvalue weighted by molar-refractivity contribution is 0.0435. The SMILES string of the molecule is Cc1nc(-c2ccccc2)sc1C(=O)N1CCN(CC2CCCO2)CC1. The highest BCUT2D eigenvalue weighted by molar-refractivity contribution is 7.17. The van der Waals surface area contributed by atoms with Crippen LogP contribution in [0.25, 0.3) is 10.6 Å². The van der Waals surface area contributed by atoms with Gasteiger partial charge in [0.05, 0.1) is 11.8 Å². The summed E-state index contributed by atoms with van der Waals surface area (Å²) in [5.74, 6) is 0.124. The minimum absolute atomic E-state index is 0.124. The molecule has 0 radical (unpaired) electrons. The molecule has 0 aliphatic carbocycles. The van der Waals surface area contributed by atoms with Crippen molar-refractivity contribution in [2.75, 3.05) is 39.3 Å². The fraction of sp³-hybridized carbons (Fsp3) is 0.500. The number of aryl methyl sites for hydroxylation is 1. The molecule has 2 aliphatic rings. The first-order valence-electron chi connectivity index (χ1n) is 9.37. The number of rotatable bonds is 4. The maximum Gasteiger partial charge on any atom is 0.265 e. The second kappa shape index (κ2) is 7.86. The van der Waals surface area contributed by atoms with Crippen molar-refractivity contribution >= 4 is 17.2 Å². The Morgan fingerprint density at radius 1 is 1.23 bits per heavy atom. The maximum atomic E-state index is 13.0. The summed E-state index contributed by atoms with van der Waals surface area (Å²) in [4.78, 5) is 22.8. The van der Waals surface area contributed by atoms with Crippen molar-refractivity contribution < 1.29 is 9.53 Å².